The van der Waals surface area contributed by atoms with Gasteiger partial charge in [0.05, 0.1) is 30.2 Å². The fourth-order valence-corrected chi connectivity index (χ4v) is 2.87. The van der Waals surface area contributed by atoms with E-state index >= 15 is 0 Å². The highest BCUT2D eigenvalue weighted by molar-refractivity contribution is 5.93. The number of amides is 1. The van der Waals surface area contributed by atoms with Crippen molar-refractivity contribution in [3.8, 4) is 0 Å². The zero-order chi connectivity index (χ0) is 16.1. The number of H-pyrrole nitrogens is 1. The average molecular weight is 309 g/mol. The van der Waals surface area contributed by atoms with Crippen LogP contribution in [0.5, 0.6) is 0 Å². The van der Waals surface area contributed by atoms with Crippen LogP contribution in [0.25, 0.3) is 0 Å². The Morgan fingerprint density at radius 1 is 1.45 bits per heavy atom. The van der Waals surface area contributed by atoms with Gasteiger partial charge in [-0.1, -0.05) is 0 Å². The van der Waals surface area contributed by atoms with Gasteiger partial charge in [-0.25, -0.2) is 0 Å². The fraction of sp³-hybridized carbons (Fsp3) is 0.733. The Hall–Kier alpha value is -1.44. The van der Waals surface area contributed by atoms with Gasteiger partial charge in [-0.2, -0.15) is 5.10 Å². The van der Waals surface area contributed by atoms with E-state index in [1.807, 2.05) is 13.8 Å². The van der Waals surface area contributed by atoms with Crippen molar-refractivity contribution in [3.05, 3.63) is 11.4 Å². The van der Waals surface area contributed by atoms with Crippen molar-refractivity contribution in [3.63, 3.8) is 0 Å². The molecule has 1 aromatic heterocycles. The number of carbonyl (C=O) groups is 1. The molecule has 1 aliphatic rings. The van der Waals surface area contributed by atoms with Gasteiger partial charge in [0.15, 0.2) is 0 Å². The molecule has 1 saturated heterocycles. The van der Waals surface area contributed by atoms with E-state index in [1.54, 1.807) is 7.11 Å². The topological polar surface area (TPSA) is 73.5 Å². The first-order valence-electron chi connectivity index (χ1n) is 7.78. The molecular weight excluding hydrogens is 282 g/mol. The van der Waals surface area contributed by atoms with Gasteiger partial charge in [-0.3, -0.25) is 19.7 Å². The van der Waals surface area contributed by atoms with Gasteiger partial charge >= 0.3 is 0 Å². The predicted octanol–water partition coefficient (Wildman–Crippen LogP) is 0.618. The number of piperazine rings is 1. The van der Waals surface area contributed by atoms with Crippen LogP contribution in [0.1, 0.15) is 18.3 Å². The second-order valence-corrected chi connectivity index (χ2v) is 5.97. The van der Waals surface area contributed by atoms with Crippen molar-refractivity contribution in [1.29, 1.82) is 0 Å². The number of methoxy groups -OCH3 is 1. The van der Waals surface area contributed by atoms with E-state index in [0.717, 1.165) is 49.9 Å². The van der Waals surface area contributed by atoms with Crippen LogP contribution in [0.15, 0.2) is 0 Å². The SMILES string of the molecule is COCCN1CCN(CC(=O)Nc2c(C)n[nH]c2C)C[C@H]1C. The molecule has 7 nitrogen and oxygen atoms in total. The third kappa shape index (κ3) is 4.28. The maximum Gasteiger partial charge on any atom is 0.238 e. The molecule has 0 unspecified atom stereocenters. The Bertz CT molecular complexity index is 483. The number of aromatic amines is 1. The maximum atomic E-state index is 12.2. The summed E-state index contributed by atoms with van der Waals surface area (Å²) in [5.41, 5.74) is 2.52. The van der Waals surface area contributed by atoms with E-state index in [4.69, 9.17) is 4.74 Å². The normalized spacial score (nSPS) is 20.3. The first kappa shape index (κ1) is 16.9. The van der Waals surface area contributed by atoms with Crippen molar-refractivity contribution in [2.45, 2.75) is 26.8 Å². The van der Waals surface area contributed by atoms with Crippen LogP contribution in [0, 0.1) is 13.8 Å². The molecule has 2 heterocycles. The summed E-state index contributed by atoms with van der Waals surface area (Å²) in [5.74, 6) is 0.0186. The second kappa shape index (κ2) is 7.71. The van der Waals surface area contributed by atoms with E-state index < -0.39 is 0 Å². The molecule has 124 valence electrons. The van der Waals surface area contributed by atoms with Crippen LogP contribution in [-0.4, -0.2) is 78.4 Å². The lowest BCUT2D eigenvalue weighted by atomic mass is 10.2. The largest absolute Gasteiger partial charge is 0.383 e. The van der Waals surface area contributed by atoms with Crippen LogP contribution < -0.4 is 5.32 Å². The predicted molar refractivity (Wildman–Crippen MR) is 86.0 cm³/mol. The molecule has 2 rings (SSSR count). The fourth-order valence-electron chi connectivity index (χ4n) is 2.87. The quantitative estimate of drug-likeness (QED) is 0.806. The van der Waals surface area contributed by atoms with Crippen molar-refractivity contribution >= 4 is 11.6 Å². The first-order valence-corrected chi connectivity index (χ1v) is 7.78. The summed E-state index contributed by atoms with van der Waals surface area (Å²) in [6, 6.07) is 0.439. The molecule has 7 heteroatoms. The Balaban J connectivity index is 1.81. The monoisotopic (exact) mass is 309 g/mol. The Kier molecular flexibility index (Phi) is 5.93. The van der Waals surface area contributed by atoms with Gasteiger partial charge in [-0.05, 0) is 20.8 Å². The van der Waals surface area contributed by atoms with Crippen molar-refractivity contribution < 1.29 is 9.53 Å². The van der Waals surface area contributed by atoms with Crippen molar-refractivity contribution in [2.24, 2.45) is 0 Å². The second-order valence-electron chi connectivity index (χ2n) is 5.97. The number of anilines is 1. The average Bonchev–Trinajstić information content (AvgIpc) is 2.78. The summed E-state index contributed by atoms with van der Waals surface area (Å²) in [7, 11) is 1.73. The van der Waals surface area contributed by atoms with E-state index in [1.165, 1.54) is 0 Å². The van der Waals surface area contributed by atoms with Gasteiger partial charge in [0.25, 0.3) is 0 Å². The molecular formula is C15H27N5O2. The minimum absolute atomic E-state index is 0.0186. The van der Waals surface area contributed by atoms with Crippen molar-refractivity contribution in [2.75, 3.05) is 51.8 Å². The highest BCUT2D eigenvalue weighted by Crippen LogP contribution is 2.16. The smallest absolute Gasteiger partial charge is 0.238 e. The molecule has 0 radical (unpaired) electrons. The first-order chi connectivity index (χ1) is 10.5. The van der Waals surface area contributed by atoms with Gasteiger partial charge < -0.3 is 10.1 Å². The number of ether oxygens (including phenoxy) is 1. The number of hydrogen-bond donors (Lipinski definition) is 2. The summed E-state index contributed by atoms with van der Waals surface area (Å²) < 4.78 is 5.14. The molecule has 2 N–H and O–H groups in total. The molecule has 22 heavy (non-hydrogen) atoms. The summed E-state index contributed by atoms with van der Waals surface area (Å²) >= 11 is 0. The van der Waals surface area contributed by atoms with E-state index in [2.05, 4.69) is 32.2 Å². The molecule has 1 amide bonds. The molecule has 1 fully saturated rings. The minimum Gasteiger partial charge on any atom is -0.383 e. The van der Waals surface area contributed by atoms with Crippen LogP contribution in [-0.2, 0) is 9.53 Å². The molecule has 0 aromatic carbocycles. The van der Waals surface area contributed by atoms with Crippen LogP contribution in [0.2, 0.25) is 0 Å². The number of hydrogen-bond acceptors (Lipinski definition) is 5. The maximum absolute atomic E-state index is 12.2. The van der Waals surface area contributed by atoms with Gasteiger partial charge in [-0.15, -0.1) is 0 Å². The molecule has 0 aliphatic carbocycles. The summed E-state index contributed by atoms with van der Waals surface area (Å²) in [4.78, 5) is 16.8. The number of carbonyl (C=O) groups excluding carboxylic acids is 1. The van der Waals surface area contributed by atoms with Crippen LogP contribution in [0.3, 0.4) is 0 Å². The summed E-state index contributed by atoms with van der Waals surface area (Å²) in [6.45, 7) is 10.9. The number of rotatable bonds is 6. The molecule has 1 aromatic rings. The van der Waals surface area contributed by atoms with Gasteiger partial charge in [0, 0.05) is 39.3 Å². The lowest BCUT2D eigenvalue weighted by Crippen LogP contribution is -2.54. The zero-order valence-corrected chi connectivity index (χ0v) is 14.0. The van der Waals surface area contributed by atoms with Crippen LogP contribution in [0.4, 0.5) is 5.69 Å². The Morgan fingerprint density at radius 3 is 2.82 bits per heavy atom. The minimum atomic E-state index is 0.0186. The standard InChI is InChI=1S/C15H27N5O2/c1-11-9-19(5-6-20(11)7-8-22-4)10-14(21)16-15-12(2)17-18-13(15)3/h11H,5-10H2,1-4H3,(H,16,21)(H,17,18)/t11-/m1/s1. The lowest BCUT2D eigenvalue weighted by Gasteiger charge is -2.39. The van der Waals surface area contributed by atoms with Gasteiger partial charge in [0.1, 0.15) is 0 Å². The number of nitrogens with one attached hydrogen (secondary N) is 2. The highest BCUT2D eigenvalue weighted by atomic mass is 16.5. The van der Waals surface area contributed by atoms with E-state index in [-0.39, 0.29) is 5.91 Å². The van der Waals surface area contributed by atoms with E-state index in [0.29, 0.717) is 12.6 Å². The Morgan fingerprint density at radius 2 is 2.23 bits per heavy atom. The van der Waals surface area contributed by atoms with Gasteiger partial charge in [0.2, 0.25) is 5.91 Å². The molecule has 1 atom stereocenters. The van der Waals surface area contributed by atoms with Crippen LogP contribution >= 0.6 is 0 Å². The summed E-state index contributed by atoms with van der Waals surface area (Å²) in [6.07, 6.45) is 0. The Labute approximate surface area is 132 Å². The third-order valence-electron chi connectivity index (χ3n) is 4.19. The lowest BCUT2D eigenvalue weighted by molar-refractivity contribution is -0.118. The highest BCUT2D eigenvalue weighted by Gasteiger charge is 2.24. The molecule has 0 bridgehead atoms. The van der Waals surface area contributed by atoms with E-state index in [9.17, 15) is 4.79 Å². The number of nitrogens with zero attached hydrogens (tertiary/aromatic N) is 3. The number of aromatic nitrogens is 2. The molecule has 0 saturated carbocycles. The summed E-state index contributed by atoms with van der Waals surface area (Å²) in [5, 5.41) is 9.93. The number of aryl methyl sites for hydroxylation is 2. The third-order valence-corrected chi connectivity index (χ3v) is 4.19. The molecule has 1 aliphatic heterocycles. The van der Waals surface area contributed by atoms with Crippen molar-refractivity contribution in [1.82, 2.24) is 20.0 Å². The zero-order valence-electron chi connectivity index (χ0n) is 14.0. The molecule has 0 spiro atoms.